The number of aromatic nitrogens is 2. The minimum atomic E-state index is 0.358. The molecule has 2 rings (SSSR count). The zero-order valence-electron chi connectivity index (χ0n) is 11.4. The fourth-order valence-corrected chi connectivity index (χ4v) is 2.12. The van der Waals surface area contributed by atoms with Gasteiger partial charge in [0, 0.05) is 30.9 Å². The smallest absolute Gasteiger partial charge is 0.0534 e. The summed E-state index contributed by atoms with van der Waals surface area (Å²) in [5, 5.41) is 7.82. The van der Waals surface area contributed by atoms with E-state index in [1.807, 2.05) is 10.9 Å². The van der Waals surface area contributed by atoms with Crippen molar-refractivity contribution in [2.45, 2.75) is 39.9 Å². The van der Waals surface area contributed by atoms with Crippen LogP contribution in [0.15, 0.2) is 36.7 Å². The molecule has 1 N–H and O–H groups in total. The van der Waals surface area contributed by atoms with Gasteiger partial charge < -0.3 is 5.32 Å². The summed E-state index contributed by atoms with van der Waals surface area (Å²) >= 11 is 0. The maximum atomic E-state index is 4.28. The van der Waals surface area contributed by atoms with Gasteiger partial charge in [0.25, 0.3) is 0 Å². The van der Waals surface area contributed by atoms with Gasteiger partial charge in [-0.15, -0.1) is 0 Å². The Morgan fingerprint density at radius 3 is 2.78 bits per heavy atom. The fraction of sp³-hybridized carbons (Fsp3) is 0.400. The summed E-state index contributed by atoms with van der Waals surface area (Å²) in [5.41, 5.74) is 3.93. The van der Waals surface area contributed by atoms with Gasteiger partial charge in [0.05, 0.1) is 6.20 Å². The lowest BCUT2D eigenvalue weighted by atomic mass is 10.0. The Balaban J connectivity index is 1.96. The van der Waals surface area contributed by atoms with E-state index < -0.39 is 0 Å². The topological polar surface area (TPSA) is 29.9 Å². The van der Waals surface area contributed by atoms with Crippen LogP contribution in [0.3, 0.4) is 0 Å². The lowest BCUT2D eigenvalue weighted by Crippen LogP contribution is -2.18. The lowest BCUT2D eigenvalue weighted by molar-refractivity contribution is 0.571. The monoisotopic (exact) mass is 243 g/mol. The highest BCUT2D eigenvalue weighted by Crippen LogP contribution is 2.17. The Labute approximate surface area is 109 Å². The molecule has 0 fully saturated rings. The average molecular weight is 243 g/mol. The fourth-order valence-electron chi connectivity index (χ4n) is 2.12. The SMILES string of the molecule is CCn1cc(CN[C@@H](C)c2ccccc2C)cn1. The highest BCUT2D eigenvalue weighted by atomic mass is 15.3. The Hall–Kier alpha value is -1.61. The van der Waals surface area contributed by atoms with Crippen LogP contribution in [0.1, 0.15) is 36.6 Å². The first-order valence-corrected chi connectivity index (χ1v) is 6.51. The standard InChI is InChI=1S/C15H21N3/c1-4-18-11-14(10-17-18)9-16-13(3)15-8-6-5-7-12(15)2/h5-8,10-11,13,16H,4,9H2,1-3H3/t13-/m0/s1. The van der Waals surface area contributed by atoms with Crippen molar-refractivity contribution in [3.63, 3.8) is 0 Å². The molecule has 1 aromatic carbocycles. The first-order chi connectivity index (χ1) is 8.70. The molecule has 0 bridgehead atoms. The number of aryl methyl sites for hydroxylation is 2. The van der Waals surface area contributed by atoms with E-state index in [0.717, 1.165) is 13.1 Å². The van der Waals surface area contributed by atoms with E-state index in [1.165, 1.54) is 16.7 Å². The van der Waals surface area contributed by atoms with Crippen molar-refractivity contribution in [2.24, 2.45) is 0 Å². The predicted molar refractivity (Wildman–Crippen MR) is 74.3 cm³/mol. The predicted octanol–water partition coefficient (Wildman–Crippen LogP) is 3.06. The van der Waals surface area contributed by atoms with E-state index in [9.17, 15) is 0 Å². The molecule has 1 heterocycles. The van der Waals surface area contributed by atoms with Crippen molar-refractivity contribution in [3.05, 3.63) is 53.3 Å². The molecule has 0 spiro atoms. The molecule has 96 valence electrons. The van der Waals surface area contributed by atoms with Gasteiger partial charge in [-0.1, -0.05) is 24.3 Å². The number of nitrogens with zero attached hydrogens (tertiary/aromatic N) is 2. The van der Waals surface area contributed by atoms with Crippen LogP contribution in [0, 0.1) is 6.92 Å². The van der Waals surface area contributed by atoms with Gasteiger partial charge in [0.2, 0.25) is 0 Å². The third-order valence-corrected chi connectivity index (χ3v) is 3.28. The summed E-state index contributed by atoms with van der Waals surface area (Å²) in [6, 6.07) is 8.87. The highest BCUT2D eigenvalue weighted by molar-refractivity contribution is 5.28. The van der Waals surface area contributed by atoms with Crippen LogP contribution < -0.4 is 5.32 Å². The second-order valence-corrected chi connectivity index (χ2v) is 4.66. The van der Waals surface area contributed by atoms with Gasteiger partial charge in [0.15, 0.2) is 0 Å². The molecule has 0 amide bonds. The molecule has 3 heteroatoms. The van der Waals surface area contributed by atoms with Crippen LogP contribution in [0.2, 0.25) is 0 Å². The molecular weight excluding hydrogens is 222 g/mol. The third-order valence-electron chi connectivity index (χ3n) is 3.28. The number of nitrogens with one attached hydrogen (secondary N) is 1. The molecule has 0 aliphatic carbocycles. The first kappa shape index (κ1) is 12.8. The van der Waals surface area contributed by atoms with Crippen LogP contribution >= 0.6 is 0 Å². The van der Waals surface area contributed by atoms with Crippen LogP contribution in [0.25, 0.3) is 0 Å². The van der Waals surface area contributed by atoms with Gasteiger partial charge in [0.1, 0.15) is 0 Å². The lowest BCUT2D eigenvalue weighted by Gasteiger charge is -2.15. The van der Waals surface area contributed by atoms with E-state index in [-0.39, 0.29) is 0 Å². The van der Waals surface area contributed by atoms with Crippen molar-refractivity contribution in [1.29, 1.82) is 0 Å². The summed E-state index contributed by atoms with van der Waals surface area (Å²) in [4.78, 5) is 0. The largest absolute Gasteiger partial charge is 0.306 e. The molecule has 0 aliphatic rings. The van der Waals surface area contributed by atoms with Gasteiger partial charge in [-0.3, -0.25) is 4.68 Å². The second kappa shape index (κ2) is 5.83. The second-order valence-electron chi connectivity index (χ2n) is 4.66. The van der Waals surface area contributed by atoms with Crippen LogP contribution in [0.4, 0.5) is 0 Å². The minimum absolute atomic E-state index is 0.358. The summed E-state index contributed by atoms with van der Waals surface area (Å²) in [6.45, 7) is 8.23. The molecule has 18 heavy (non-hydrogen) atoms. The summed E-state index contributed by atoms with van der Waals surface area (Å²) < 4.78 is 1.95. The number of rotatable bonds is 5. The van der Waals surface area contributed by atoms with Gasteiger partial charge >= 0.3 is 0 Å². The van der Waals surface area contributed by atoms with Crippen LogP contribution in [-0.4, -0.2) is 9.78 Å². The van der Waals surface area contributed by atoms with Crippen molar-refractivity contribution in [2.75, 3.05) is 0 Å². The average Bonchev–Trinajstić information content (AvgIpc) is 2.84. The Morgan fingerprint density at radius 1 is 1.33 bits per heavy atom. The van der Waals surface area contributed by atoms with Crippen molar-refractivity contribution >= 4 is 0 Å². The van der Waals surface area contributed by atoms with Gasteiger partial charge in [-0.25, -0.2) is 0 Å². The van der Waals surface area contributed by atoms with E-state index in [2.05, 4.69) is 61.6 Å². The molecule has 3 nitrogen and oxygen atoms in total. The van der Waals surface area contributed by atoms with Crippen molar-refractivity contribution in [3.8, 4) is 0 Å². The molecule has 1 atom stereocenters. The molecule has 0 saturated heterocycles. The zero-order chi connectivity index (χ0) is 13.0. The quantitative estimate of drug-likeness (QED) is 0.874. The number of hydrogen-bond donors (Lipinski definition) is 1. The summed E-state index contributed by atoms with van der Waals surface area (Å²) in [7, 11) is 0. The Morgan fingerprint density at radius 2 is 2.11 bits per heavy atom. The highest BCUT2D eigenvalue weighted by Gasteiger charge is 2.07. The molecule has 1 aromatic heterocycles. The van der Waals surface area contributed by atoms with Gasteiger partial charge in [-0.2, -0.15) is 5.10 Å². The van der Waals surface area contributed by atoms with Crippen molar-refractivity contribution < 1.29 is 0 Å². The van der Waals surface area contributed by atoms with Crippen molar-refractivity contribution in [1.82, 2.24) is 15.1 Å². The normalized spacial score (nSPS) is 12.6. The third kappa shape index (κ3) is 2.99. The first-order valence-electron chi connectivity index (χ1n) is 6.51. The molecule has 2 aromatic rings. The molecule has 0 unspecified atom stereocenters. The van der Waals surface area contributed by atoms with Crippen LogP contribution in [0.5, 0.6) is 0 Å². The van der Waals surface area contributed by atoms with E-state index in [4.69, 9.17) is 0 Å². The Kier molecular flexibility index (Phi) is 4.15. The summed E-state index contributed by atoms with van der Waals surface area (Å²) in [5.74, 6) is 0. The maximum Gasteiger partial charge on any atom is 0.0534 e. The Bertz CT molecular complexity index is 502. The number of benzene rings is 1. The number of hydrogen-bond acceptors (Lipinski definition) is 2. The molecule has 0 radical (unpaired) electrons. The molecular formula is C15H21N3. The maximum absolute atomic E-state index is 4.28. The van der Waals surface area contributed by atoms with E-state index in [1.54, 1.807) is 0 Å². The zero-order valence-corrected chi connectivity index (χ0v) is 11.4. The molecule has 0 aliphatic heterocycles. The minimum Gasteiger partial charge on any atom is -0.306 e. The molecule has 0 saturated carbocycles. The van der Waals surface area contributed by atoms with Crippen LogP contribution in [-0.2, 0) is 13.1 Å². The van der Waals surface area contributed by atoms with E-state index in [0.29, 0.717) is 6.04 Å². The summed E-state index contributed by atoms with van der Waals surface area (Å²) in [6.07, 6.45) is 4.03. The van der Waals surface area contributed by atoms with E-state index >= 15 is 0 Å². The van der Waals surface area contributed by atoms with Gasteiger partial charge in [-0.05, 0) is 31.9 Å².